The first-order chi connectivity index (χ1) is 9.61. The van der Waals surface area contributed by atoms with Gasteiger partial charge in [0.15, 0.2) is 0 Å². The van der Waals surface area contributed by atoms with Crippen LogP contribution >= 0.6 is 0 Å². The van der Waals surface area contributed by atoms with Gasteiger partial charge in [0.2, 0.25) is 0 Å². The minimum atomic E-state index is -0.100. The largest absolute Gasteiger partial charge is 0.488 e. The molecule has 2 unspecified atom stereocenters. The lowest BCUT2D eigenvalue weighted by Gasteiger charge is -2.29. The second kappa shape index (κ2) is 6.64. The topological polar surface area (TPSA) is 64.3 Å². The van der Waals surface area contributed by atoms with E-state index in [0.29, 0.717) is 29.5 Å². The van der Waals surface area contributed by atoms with E-state index >= 15 is 0 Å². The third-order valence-electron chi connectivity index (χ3n) is 3.92. The first kappa shape index (κ1) is 14.7. The summed E-state index contributed by atoms with van der Waals surface area (Å²) in [5.74, 6) is 1.15. The van der Waals surface area contributed by atoms with Crippen LogP contribution in [-0.4, -0.2) is 18.6 Å². The maximum absolute atomic E-state index is 11.7. The van der Waals surface area contributed by atoms with Crippen molar-refractivity contribution in [1.29, 1.82) is 0 Å². The molecule has 3 N–H and O–H groups in total. The Kier molecular flexibility index (Phi) is 4.88. The molecule has 110 valence electrons. The zero-order valence-corrected chi connectivity index (χ0v) is 12.3. The van der Waals surface area contributed by atoms with Crippen LogP contribution in [0.4, 0.5) is 5.69 Å². The van der Waals surface area contributed by atoms with Crippen LogP contribution in [0.3, 0.4) is 0 Å². The first-order valence-corrected chi connectivity index (χ1v) is 7.46. The zero-order chi connectivity index (χ0) is 14.5. The highest BCUT2D eigenvalue weighted by Crippen LogP contribution is 2.31. The van der Waals surface area contributed by atoms with Gasteiger partial charge in [-0.25, -0.2) is 0 Å². The molecule has 2 rings (SSSR count). The Balaban J connectivity index is 2.07. The van der Waals surface area contributed by atoms with Gasteiger partial charge in [-0.15, -0.1) is 0 Å². The molecule has 1 fully saturated rings. The molecule has 0 aliphatic heterocycles. The van der Waals surface area contributed by atoms with E-state index in [1.165, 1.54) is 19.3 Å². The smallest absolute Gasteiger partial charge is 0.251 e. The lowest BCUT2D eigenvalue weighted by atomic mass is 9.88. The Morgan fingerprint density at radius 1 is 1.40 bits per heavy atom. The third-order valence-corrected chi connectivity index (χ3v) is 3.92. The summed E-state index contributed by atoms with van der Waals surface area (Å²) < 4.78 is 6.04. The van der Waals surface area contributed by atoms with E-state index in [9.17, 15) is 4.79 Å². The number of hydrogen-bond donors (Lipinski definition) is 2. The van der Waals surface area contributed by atoms with Crippen LogP contribution in [0.2, 0.25) is 0 Å². The quantitative estimate of drug-likeness (QED) is 0.831. The summed E-state index contributed by atoms with van der Waals surface area (Å²) in [5, 5.41) is 2.76. The highest BCUT2D eigenvalue weighted by molar-refractivity contribution is 5.95. The molecule has 20 heavy (non-hydrogen) atoms. The van der Waals surface area contributed by atoms with Crippen LogP contribution in [0.15, 0.2) is 18.2 Å². The standard InChI is InChI=1S/C16H24N2O2/c1-3-18-16(19)12-8-9-15(13(17)10-12)20-14-7-5-4-6-11(14)2/h8-11,14H,3-7,17H2,1-2H3,(H,18,19). The second-order valence-corrected chi connectivity index (χ2v) is 5.53. The van der Waals surface area contributed by atoms with Gasteiger partial charge in [-0.3, -0.25) is 4.79 Å². The summed E-state index contributed by atoms with van der Waals surface area (Å²) in [5.41, 5.74) is 7.12. The molecule has 4 heteroatoms. The lowest BCUT2D eigenvalue weighted by molar-refractivity contribution is 0.0955. The van der Waals surface area contributed by atoms with Gasteiger partial charge in [0.05, 0.1) is 5.69 Å². The van der Waals surface area contributed by atoms with E-state index in [1.54, 1.807) is 18.2 Å². The molecule has 1 saturated carbocycles. The van der Waals surface area contributed by atoms with Crippen molar-refractivity contribution in [3.05, 3.63) is 23.8 Å². The molecule has 0 spiro atoms. The van der Waals surface area contributed by atoms with Crippen molar-refractivity contribution >= 4 is 11.6 Å². The Labute approximate surface area is 120 Å². The molecule has 1 aromatic rings. The van der Waals surface area contributed by atoms with E-state index in [4.69, 9.17) is 10.5 Å². The SMILES string of the molecule is CCNC(=O)c1ccc(OC2CCCCC2C)c(N)c1. The Hall–Kier alpha value is -1.71. The van der Waals surface area contributed by atoms with Gasteiger partial charge in [0, 0.05) is 12.1 Å². The molecule has 0 aromatic heterocycles. The summed E-state index contributed by atoms with van der Waals surface area (Å²) in [6.07, 6.45) is 5.03. The van der Waals surface area contributed by atoms with Crippen molar-refractivity contribution in [2.45, 2.75) is 45.6 Å². The number of carbonyl (C=O) groups excluding carboxylic acids is 1. The van der Waals surface area contributed by atoms with Gasteiger partial charge in [0.25, 0.3) is 5.91 Å². The van der Waals surface area contributed by atoms with Crippen LogP contribution in [0.1, 0.15) is 49.9 Å². The van der Waals surface area contributed by atoms with Crippen LogP contribution in [0, 0.1) is 5.92 Å². The fourth-order valence-corrected chi connectivity index (χ4v) is 2.68. The fourth-order valence-electron chi connectivity index (χ4n) is 2.68. The Bertz CT molecular complexity index is 474. The molecule has 0 heterocycles. The Morgan fingerprint density at radius 2 is 2.15 bits per heavy atom. The van der Waals surface area contributed by atoms with Gasteiger partial charge in [-0.05, 0) is 50.3 Å². The molecule has 1 amide bonds. The number of hydrogen-bond acceptors (Lipinski definition) is 3. The van der Waals surface area contributed by atoms with Crippen molar-refractivity contribution in [3.8, 4) is 5.75 Å². The summed E-state index contributed by atoms with van der Waals surface area (Å²) >= 11 is 0. The number of anilines is 1. The summed E-state index contributed by atoms with van der Waals surface area (Å²) in [6, 6.07) is 5.26. The minimum absolute atomic E-state index is 0.100. The van der Waals surface area contributed by atoms with Crippen molar-refractivity contribution in [3.63, 3.8) is 0 Å². The number of rotatable bonds is 4. The van der Waals surface area contributed by atoms with E-state index < -0.39 is 0 Å². The first-order valence-electron chi connectivity index (χ1n) is 7.46. The molecule has 1 aliphatic rings. The number of nitrogen functional groups attached to an aromatic ring is 1. The number of amides is 1. The summed E-state index contributed by atoms with van der Waals surface area (Å²) in [6.45, 7) is 4.73. The average Bonchev–Trinajstić information content (AvgIpc) is 2.43. The number of carbonyl (C=O) groups is 1. The van der Waals surface area contributed by atoms with E-state index in [0.717, 1.165) is 6.42 Å². The molecular formula is C16H24N2O2. The maximum Gasteiger partial charge on any atom is 0.251 e. The molecule has 1 aliphatic carbocycles. The van der Waals surface area contributed by atoms with Gasteiger partial charge in [-0.2, -0.15) is 0 Å². The van der Waals surface area contributed by atoms with E-state index in [1.807, 2.05) is 6.92 Å². The van der Waals surface area contributed by atoms with Crippen molar-refractivity contribution in [2.75, 3.05) is 12.3 Å². The molecule has 2 atom stereocenters. The zero-order valence-electron chi connectivity index (χ0n) is 12.3. The molecule has 1 aromatic carbocycles. The highest BCUT2D eigenvalue weighted by Gasteiger charge is 2.23. The molecule has 0 bridgehead atoms. The van der Waals surface area contributed by atoms with Gasteiger partial charge < -0.3 is 15.8 Å². The molecule has 0 radical (unpaired) electrons. The van der Waals surface area contributed by atoms with Crippen LogP contribution in [0.25, 0.3) is 0 Å². The van der Waals surface area contributed by atoms with Crippen LogP contribution < -0.4 is 15.8 Å². The van der Waals surface area contributed by atoms with Gasteiger partial charge in [0.1, 0.15) is 11.9 Å². The number of nitrogens with two attached hydrogens (primary N) is 1. The summed E-state index contributed by atoms with van der Waals surface area (Å²) in [4.78, 5) is 11.7. The van der Waals surface area contributed by atoms with Gasteiger partial charge in [-0.1, -0.05) is 13.3 Å². The van der Waals surface area contributed by atoms with Crippen molar-refractivity contribution in [1.82, 2.24) is 5.32 Å². The van der Waals surface area contributed by atoms with Crippen molar-refractivity contribution in [2.24, 2.45) is 5.92 Å². The van der Waals surface area contributed by atoms with Crippen LogP contribution in [0.5, 0.6) is 5.75 Å². The fraction of sp³-hybridized carbons (Fsp3) is 0.562. The van der Waals surface area contributed by atoms with Crippen LogP contribution in [-0.2, 0) is 0 Å². The molecule has 0 saturated heterocycles. The number of benzene rings is 1. The predicted molar refractivity (Wildman–Crippen MR) is 80.9 cm³/mol. The lowest BCUT2D eigenvalue weighted by Crippen LogP contribution is -2.28. The predicted octanol–water partition coefficient (Wildman–Crippen LogP) is 2.98. The monoisotopic (exact) mass is 276 g/mol. The van der Waals surface area contributed by atoms with Gasteiger partial charge >= 0.3 is 0 Å². The second-order valence-electron chi connectivity index (χ2n) is 5.53. The third kappa shape index (κ3) is 3.44. The number of nitrogens with one attached hydrogen (secondary N) is 1. The summed E-state index contributed by atoms with van der Waals surface area (Å²) in [7, 11) is 0. The molecular weight excluding hydrogens is 252 g/mol. The Morgan fingerprint density at radius 3 is 2.80 bits per heavy atom. The molecule has 4 nitrogen and oxygen atoms in total. The van der Waals surface area contributed by atoms with Crippen molar-refractivity contribution < 1.29 is 9.53 Å². The minimum Gasteiger partial charge on any atom is -0.488 e. The highest BCUT2D eigenvalue weighted by atomic mass is 16.5. The maximum atomic E-state index is 11.7. The number of ether oxygens (including phenoxy) is 1. The van der Waals surface area contributed by atoms with E-state index in [-0.39, 0.29) is 12.0 Å². The normalized spacial score (nSPS) is 22.3. The average molecular weight is 276 g/mol. The van der Waals surface area contributed by atoms with E-state index in [2.05, 4.69) is 12.2 Å².